The Bertz CT molecular complexity index is 787. The van der Waals surface area contributed by atoms with Crippen molar-refractivity contribution in [3.05, 3.63) is 71.3 Å². The first-order valence-corrected chi connectivity index (χ1v) is 7.62. The van der Waals surface area contributed by atoms with Crippen LogP contribution >= 0.6 is 0 Å². The molecule has 23 heavy (non-hydrogen) atoms. The Labute approximate surface area is 135 Å². The average molecular weight is 310 g/mol. The van der Waals surface area contributed by atoms with E-state index in [1.165, 1.54) is 7.11 Å². The number of hydrogen-bond donors (Lipinski definition) is 0. The van der Waals surface area contributed by atoms with Gasteiger partial charge in [0.1, 0.15) is 5.60 Å². The van der Waals surface area contributed by atoms with Crippen molar-refractivity contribution in [3.63, 3.8) is 0 Å². The molecule has 3 atom stereocenters. The number of carbonyl (C=O) groups excluding carboxylic acids is 1. The van der Waals surface area contributed by atoms with Gasteiger partial charge in [0.2, 0.25) is 5.78 Å². The molecule has 1 fully saturated rings. The Kier molecular flexibility index (Phi) is 2.86. The second-order valence-electron chi connectivity index (χ2n) is 6.23. The monoisotopic (exact) mass is 310 g/mol. The lowest BCUT2D eigenvalue weighted by Crippen LogP contribution is -2.45. The number of rotatable bonds is 2. The van der Waals surface area contributed by atoms with Crippen molar-refractivity contribution in [1.29, 1.82) is 0 Å². The molecule has 118 valence electrons. The number of benzene rings is 2. The Morgan fingerprint density at radius 1 is 0.913 bits per heavy atom. The highest BCUT2D eigenvalue weighted by atomic mass is 16.9. The number of fused-ring (bicyclic) bond motifs is 3. The highest BCUT2D eigenvalue weighted by Gasteiger charge is 2.72. The molecular formula is C19H18O4. The summed E-state index contributed by atoms with van der Waals surface area (Å²) in [5.74, 6) is -1.38. The van der Waals surface area contributed by atoms with Crippen LogP contribution in [0.25, 0.3) is 0 Å². The normalized spacial score (nSPS) is 35.2. The summed E-state index contributed by atoms with van der Waals surface area (Å²) in [6.45, 7) is 3.59. The molecule has 2 aliphatic rings. The van der Waals surface area contributed by atoms with Crippen molar-refractivity contribution in [2.45, 2.75) is 31.0 Å². The highest BCUT2D eigenvalue weighted by molar-refractivity contribution is 6.09. The maximum absolute atomic E-state index is 13.3. The summed E-state index contributed by atoms with van der Waals surface area (Å²) in [4.78, 5) is 13.3. The lowest BCUT2D eigenvalue weighted by atomic mass is 9.79. The summed E-state index contributed by atoms with van der Waals surface area (Å²) in [5.41, 5.74) is 0.0336. The third-order valence-electron chi connectivity index (χ3n) is 4.96. The quantitative estimate of drug-likeness (QED) is 0.853. The zero-order valence-corrected chi connectivity index (χ0v) is 13.3. The molecule has 0 amide bonds. The second kappa shape index (κ2) is 4.51. The van der Waals surface area contributed by atoms with Crippen LogP contribution in [0.3, 0.4) is 0 Å². The summed E-state index contributed by atoms with van der Waals surface area (Å²) in [5, 5.41) is 0. The predicted molar refractivity (Wildman–Crippen MR) is 83.8 cm³/mol. The topological polar surface area (TPSA) is 44.8 Å². The zero-order chi connectivity index (χ0) is 16.3. The lowest BCUT2D eigenvalue weighted by molar-refractivity contribution is -0.330. The molecule has 1 aliphatic carbocycles. The highest BCUT2D eigenvalue weighted by Crippen LogP contribution is 2.61. The van der Waals surface area contributed by atoms with Crippen molar-refractivity contribution in [2.24, 2.45) is 0 Å². The van der Waals surface area contributed by atoms with Gasteiger partial charge in [-0.1, -0.05) is 54.6 Å². The van der Waals surface area contributed by atoms with Crippen molar-refractivity contribution < 1.29 is 19.0 Å². The van der Waals surface area contributed by atoms with Crippen LogP contribution in [0.5, 0.6) is 0 Å². The minimum Gasteiger partial charge on any atom is -0.331 e. The van der Waals surface area contributed by atoms with Crippen LogP contribution < -0.4 is 0 Å². The maximum Gasteiger partial charge on any atom is 0.282 e. The van der Waals surface area contributed by atoms with E-state index in [4.69, 9.17) is 14.2 Å². The molecule has 1 aliphatic heterocycles. The maximum atomic E-state index is 13.3. The van der Waals surface area contributed by atoms with Crippen LogP contribution in [0.15, 0.2) is 54.6 Å². The number of ether oxygens (including phenoxy) is 3. The first-order chi connectivity index (χ1) is 11.0. The van der Waals surface area contributed by atoms with Crippen LogP contribution in [0, 0.1) is 0 Å². The van der Waals surface area contributed by atoms with Gasteiger partial charge in [-0.05, 0) is 18.1 Å². The van der Waals surface area contributed by atoms with E-state index in [1.807, 2.05) is 61.5 Å². The number of carbonyl (C=O) groups is 1. The van der Waals surface area contributed by atoms with E-state index in [9.17, 15) is 4.79 Å². The minimum absolute atomic E-state index is 0.0948. The first-order valence-electron chi connectivity index (χ1n) is 7.62. The Hall–Kier alpha value is -2.01. The fraction of sp³-hybridized carbons (Fsp3) is 0.316. The third kappa shape index (κ3) is 1.63. The van der Waals surface area contributed by atoms with Crippen molar-refractivity contribution >= 4 is 5.78 Å². The van der Waals surface area contributed by atoms with Gasteiger partial charge in [-0.15, -0.1) is 0 Å². The second-order valence-corrected chi connectivity index (χ2v) is 6.23. The molecule has 4 nitrogen and oxygen atoms in total. The molecule has 1 heterocycles. The van der Waals surface area contributed by atoms with Gasteiger partial charge in [0.05, 0.1) is 0 Å². The van der Waals surface area contributed by atoms with Crippen molar-refractivity contribution in [3.8, 4) is 0 Å². The molecule has 0 spiro atoms. The van der Waals surface area contributed by atoms with Gasteiger partial charge in [-0.2, -0.15) is 0 Å². The summed E-state index contributed by atoms with van der Waals surface area (Å²) in [6, 6.07) is 17.0. The SMILES string of the molecule is CO[C@@]1(C)O[C@]2(C)c3ccccc3C(=O)[C@@]2(c2ccccc2)O1. The van der Waals surface area contributed by atoms with Gasteiger partial charge in [0.25, 0.3) is 5.97 Å². The molecule has 0 N–H and O–H groups in total. The number of Topliss-reactive ketones (excluding diaryl/α,β-unsaturated/α-hetero) is 1. The molecule has 4 rings (SSSR count). The molecule has 2 aromatic carbocycles. The third-order valence-corrected chi connectivity index (χ3v) is 4.96. The molecule has 0 radical (unpaired) electrons. The van der Waals surface area contributed by atoms with E-state index in [0.717, 1.165) is 11.1 Å². The summed E-state index contributed by atoms with van der Waals surface area (Å²) in [6.07, 6.45) is 0. The van der Waals surface area contributed by atoms with E-state index >= 15 is 0 Å². The van der Waals surface area contributed by atoms with Gasteiger partial charge >= 0.3 is 0 Å². The number of hydrogen-bond acceptors (Lipinski definition) is 4. The van der Waals surface area contributed by atoms with Gasteiger partial charge in [-0.3, -0.25) is 4.79 Å². The Balaban J connectivity index is 2.03. The van der Waals surface area contributed by atoms with E-state index in [-0.39, 0.29) is 5.78 Å². The molecular weight excluding hydrogens is 292 g/mol. The summed E-state index contributed by atoms with van der Waals surface area (Å²) in [7, 11) is 1.51. The van der Waals surface area contributed by atoms with Crippen LogP contribution in [0.1, 0.15) is 35.3 Å². The molecule has 0 bridgehead atoms. The van der Waals surface area contributed by atoms with Gasteiger partial charge in [-0.25, -0.2) is 0 Å². The molecule has 1 saturated heterocycles. The Morgan fingerprint density at radius 3 is 2.26 bits per heavy atom. The number of methoxy groups -OCH3 is 1. The van der Waals surface area contributed by atoms with Crippen molar-refractivity contribution in [1.82, 2.24) is 0 Å². The number of ketones is 1. The molecule has 0 saturated carbocycles. The van der Waals surface area contributed by atoms with Crippen molar-refractivity contribution in [2.75, 3.05) is 7.11 Å². The summed E-state index contributed by atoms with van der Waals surface area (Å²) < 4.78 is 17.8. The lowest BCUT2D eigenvalue weighted by Gasteiger charge is -2.33. The van der Waals surface area contributed by atoms with Crippen LogP contribution in [0.2, 0.25) is 0 Å². The van der Waals surface area contributed by atoms with Crippen LogP contribution in [-0.2, 0) is 25.4 Å². The van der Waals surface area contributed by atoms with Gasteiger partial charge < -0.3 is 14.2 Å². The smallest absolute Gasteiger partial charge is 0.282 e. The minimum atomic E-state index is -1.28. The van der Waals surface area contributed by atoms with Crippen LogP contribution in [0.4, 0.5) is 0 Å². The summed E-state index contributed by atoms with van der Waals surface area (Å²) >= 11 is 0. The van der Waals surface area contributed by atoms with E-state index < -0.39 is 17.2 Å². The zero-order valence-electron chi connectivity index (χ0n) is 13.3. The van der Waals surface area contributed by atoms with Crippen LogP contribution in [-0.4, -0.2) is 18.9 Å². The largest absolute Gasteiger partial charge is 0.331 e. The van der Waals surface area contributed by atoms with E-state index in [2.05, 4.69) is 0 Å². The predicted octanol–water partition coefficient (Wildman–Crippen LogP) is 3.36. The van der Waals surface area contributed by atoms with E-state index in [1.54, 1.807) is 6.92 Å². The molecule has 0 unspecified atom stereocenters. The fourth-order valence-corrected chi connectivity index (χ4v) is 3.85. The Morgan fingerprint density at radius 2 is 1.57 bits per heavy atom. The van der Waals surface area contributed by atoms with Gasteiger partial charge in [0.15, 0.2) is 5.60 Å². The molecule has 4 heteroatoms. The standard InChI is InChI=1S/C19H18O4/c1-17-15-12-8-7-11-14(15)16(20)19(17,13-9-5-4-6-10-13)23-18(2,21-3)22-17/h4-12H,1-3H3/t17-,18+,19-/m1/s1. The van der Waals surface area contributed by atoms with E-state index in [0.29, 0.717) is 5.56 Å². The van der Waals surface area contributed by atoms with Gasteiger partial charge in [0, 0.05) is 19.6 Å². The molecule has 0 aromatic heterocycles. The fourth-order valence-electron chi connectivity index (χ4n) is 3.85. The first kappa shape index (κ1) is 14.6. The molecule has 2 aromatic rings. The average Bonchev–Trinajstić information content (AvgIpc) is 2.94.